The van der Waals surface area contributed by atoms with Crippen LogP contribution in [0.15, 0.2) is 0 Å². The van der Waals surface area contributed by atoms with Crippen molar-refractivity contribution in [2.45, 2.75) is 33.4 Å². The molecule has 0 spiro atoms. The van der Waals surface area contributed by atoms with Crippen LogP contribution in [0.3, 0.4) is 0 Å². The summed E-state index contributed by atoms with van der Waals surface area (Å²) in [6, 6.07) is 2.17. The third-order valence-corrected chi connectivity index (χ3v) is 2.67. The van der Waals surface area contributed by atoms with E-state index in [0.717, 1.165) is 36.7 Å². The highest BCUT2D eigenvalue weighted by Gasteiger charge is 2.23. The quantitative estimate of drug-likeness (QED) is 0.676. The fourth-order valence-corrected chi connectivity index (χ4v) is 2.03. The standard InChI is InChI=1S/C11H14N4/c1-3-10-9-6-15(5-4-12)7-11(9)14-8(2)13-10/h3,5-7H2,1-2H3. The lowest BCUT2D eigenvalue weighted by Gasteiger charge is -2.07. The predicted octanol–water partition coefficient (Wildman–Crippen LogP) is 1.19. The van der Waals surface area contributed by atoms with Crippen LogP contribution < -0.4 is 0 Å². The average Bonchev–Trinajstić information content (AvgIpc) is 2.59. The summed E-state index contributed by atoms with van der Waals surface area (Å²) in [5, 5.41) is 8.66. The van der Waals surface area contributed by atoms with Crippen molar-refractivity contribution in [3.05, 3.63) is 22.8 Å². The first kappa shape index (κ1) is 10.1. The van der Waals surface area contributed by atoms with E-state index in [1.165, 1.54) is 5.56 Å². The van der Waals surface area contributed by atoms with Gasteiger partial charge in [-0.2, -0.15) is 5.26 Å². The fraction of sp³-hybridized carbons (Fsp3) is 0.545. The number of aryl methyl sites for hydroxylation is 2. The van der Waals surface area contributed by atoms with Crippen molar-refractivity contribution >= 4 is 0 Å². The Labute approximate surface area is 89.6 Å². The summed E-state index contributed by atoms with van der Waals surface area (Å²) in [5.74, 6) is 0.837. The maximum atomic E-state index is 8.66. The van der Waals surface area contributed by atoms with Gasteiger partial charge in [0.2, 0.25) is 0 Å². The van der Waals surface area contributed by atoms with Gasteiger partial charge in [0.15, 0.2) is 0 Å². The fourth-order valence-electron chi connectivity index (χ4n) is 2.03. The average molecular weight is 202 g/mol. The van der Waals surface area contributed by atoms with Crippen LogP contribution in [0.25, 0.3) is 0 Å². The summed E-state index contributed by atoms with van der Waals surface area (Å²) in [4.78, 5) is 11.0. The van der Waals surface area contributed by atoms with Gasteiger partial charge in [-0.1, -0.05) is 6.92 Å². The number of rotatable bonds is 2. The Morgan fingerprint density at radius 3 is 2.87 bits per heavy atom. The van der Waals surface area contributed by atoms with E-state index in [1.807, 2.05) is 6.92 Å². The number of hydrogen-bond donors (Lipinski definition) is 0. The number of fused-ring (bicyclic) bond motifs is 1. The van der Waals surface area contributed by atoms with E-state index in [0.29, 0.717) is 6.54 Å². The molecule has 1 aromatic rings. The molecule has 4 heteroatoms. The number of hydrogen-bond acceptors (Lipinski definition) is 4. The van der Waals surface area contributed by atoms with Gasteiger partial charge in [0.05, 0.1) is 18.3 Å². The van der Waals surface area contributed by atoms with Crippen LogP contribution in [-0.4, -0.2) is 21.4 Å². The van der Waals surface area contributed by atoms with Gasteiger partial charge in [0.25, 0.3) is 0 Å². The van der Waals surface area contributed by atoms with E-state index in [4.69, 9.17) is 5.26 Å². The molecule has 0 saturated carbocycles. The van der Waals surface area contributed by atoms with Gasteiger partial charge >= 0.3 is 0 Å². The molecule has 0 saturated heterocycles. The van der Waals surface area contributed by atoms with Crippen LogP contribution in [0.1, 0.15) is 29.7 Å². The van der Waals surface area contributed by atoms with Gasteiger partial charge in [-0.3, -0.25) is 4.90 Å². The van der Waals surface area contributed by atoms with Crippen molar-refractivity contribution in [2.24, 2.45) is 0 Å². The zero-order valence-electron chi connectivity index (χ0n) is 9.12. The van der Waals surface area contributed by atoms with Crippen LogP contribution in [0.5, 0.6) is 0 Å². The molecule has 0 bridgehead atoms. The van der Waals surface area contributed by atoms with Gasteiger partial charge < -0.3 is 0 Å². The number of nitrogens with zero attached hydrogens (tertiary/aromatic N) is 4. The van der Waals surface area contributed by atoms with Crippen LogP contribution >= 0.6 is 0 Å². The monoisotopic (exact) mass is 202 g/mol. The van der Waals surface area contributed by atoms with Crippen LogP contribution in [0.4, 0.5) is 0 Å². The molecule has 0 atom stereocenters. The van der Waals surface area contributed by atoms with Crippen LogP contribution in [-0.2, 0) is 19.5 Å². The van der Waals surface area contributed by atoms with Gasteiger partial charge in [0.1, 0.15) is 5.82 Å². The Kier molecular flexibility index (Phi) is 2.65. The van der Waals surface area contributed by atoms with Gasteiger partial charge in [0, 0.05) is 24.3 Å². The molecular formula is C11H14N4. The smallest absolute Gasteiger partial charge is 0.125 e. The topological polar surface area (TPSA) is 52.8 Å². The lowest BCUT2D eigenvalue weighted by Crippen LogP contribution is -2.16. The maximum absolute atomic E-state index is 8.66. The minimum Gasteiger partial charge on any atom is -0.280 e. The summed E-state index contributed by atoms with van der Waals surface area (Å²) >= 11 is 0. The Morgan fingerprint density at radius 2 is 2.20 bits per heavy atom. The number of nitriles is 1. The van der Waals surface area contributed by atoms with E-state index in [2.05, 4.69) is 27.9 Å². The Hall–Kier alpha value is -1.47. The predicted molar refractivity (Wildman–Crippen MR) is 55.9 cm³/mol. The Balaban J connectivity index is 2.33. The summed E-state index contributed by atoms with van der Waals surface area (Å²) < 4.78 is 0. The highest BCUT2D eigenvalue weighted by molar-refractivity contribution is 5.29. The van der Waals surface area contributed by atoms with Gasteiger partial charge in [-0.05, 0) is 13.3 Å². The molecule has 1 aromatic heterocycles. The lowest BCUT2D eigenvalue weighted by atomic mass is 10.1. The van der Waals surface area contributed by atoms with Crippen molar-refractivity contribution in [1.29, 1.82) is 5.26 Å². The molecule has 1 aliphatic heterocycles. The molecule has 2 heterocycles. The third kappa shape index (κ3) is 1.83. The summed E-state index contributed by atoms with van der Waals surface area (Å²) in [5.41, 5.74) is 3.48. The zero-order valence-corrected chi connectivity index (χ0v) is 9.12. The highest BCUT2D eigenvalue weighted by atomic mass is 15.2. The van der Waals surface area contributed by atoms with Crippen molar-refractivity contribution < 1.29 is 0 Å². The van der Waals surface area contributed by atoms with Gasteiger partial charge in [-0.15, -0.1) is 0 Å². The van der Waals surface area contributed by atoms with E-state index in [-0.39, 0.29) is 0 Å². The molecule has 0 N–H and O–H groups in total. The molecule has 0 fully saturated rings. The molecule has 78 valence electrons. The SMILES string of the molecule is CCc1nc(C)nc2c1CN(CC#N)C2. The van der Waals surface area contributed by atoms with Crippen molar-refractivity contribution in [3.8, 4) is 6.07 Å². The molecule has 2 rings (SSSR count). The Bertz CT molecular complexity index is 419. The van der Waals surface area contributed by atoms with Crippen LogP contribution in [0.2, 0.25) is 0 Å². The van der Waals surface area contributed by atoms with Crippen LogP contribution in [0, 0.1) is 18.3 Å². The maximum Gasteiger partial charge on any atom is 0.125 e. The Morgan fingerprint density at radius 1 is 1.40 bits per heavy atom. The first-order valence-corrected chi connectivity index (χ1v) is 5.19. The van der Waals surface area contributed by atoms with Crippen molar-refractivity contribution in [2.75, 3.05) is 6.54 Å². The summed E-state index contributed by atoms with van der Waals surface area (Å²) in [6.07, 6.45) is 0.937. The molecule has 15 heavy (non-hydrogen) atoms. The molecule has 0 unspecified atom stereocenters. The first-order chi connectivity index (χ1) is 7.24. The second-order valence-electron chi connectivity index (χ2n) is 3.80. The summed E-state index contributed by atoms with van der Waals surface area (Å²) in [6.45, 7) is 6.12. The molecular weight excluding hydrogens is 188 g/mol. The highest BCUT2D eigenvalue weighted by Crippen LogP contribution is 2.23. The molecule has 0 radical (unpaired) electrons. The number of aromatic nitrogens is 2. The first-order valence-electron chi connectivity index (χ1n) is 5.19. The minimum atomic E-state index is 0.471. The van der Waals surface area contributed by atoms with E-state index >= 15 is 0 Å². The largest absolute Gasteiger partial charge is 0.280 e. The second-order valence-corrected chi connectivity index (χ2v) is 3.80. The summed E-state index contributed by atoms with van der Waals surface area (Å²) in [7, 11) is 0. The molecule has 0 amide bonds. The van der Waals surface area contributed by atoms with Crippen molar-refractivity contribution in [1.82, 2.24) is 14.9 Å². The second kappa shape index (κ2) is 3.95. The molecule has 1 aliphatic rings. The normalized spacial score (nSPS) is 15.0. The van der Waals surface area contributed by atoms with E-state index in [9.17, 15) is 0 Å². The molecule has 4 nitrogen and oxygen atoms in total. The van der Waals surface area contributed by atoms with E-state index in [1.54, 1.807) is 0 Å². The zero-order chi connectivity index (χ0) is 10.8. The third-order valence-electron chi connectivity index (χ3n) is 2.67. The van der Waals surface area contributed by atoms with Crippen molar-refractivity contribution in [3.63, 3.8) is 0 Å². The molecule has 0 aromatic carbocycles. The molecule has 0 aliphatic carbocycles. The minimum absolute atomic E-state index is 0.471. The van der Waals surface area contributed by atoms with Gasteiger partial charge in [-0.25, -0.2) is 9.97 Å². The lowest BCUT2D eigenvalue weighted by molar-refractivity contribution is 0.318. The van der Waals surface area contributed by atoms with E-state index < -0.39 is 0 Å².